The van der Waals surface area contributed by atoms with Gasteiger partial charge in [0, 0.05) is 11.8 Å². The van der Waals surface area contributed by atoms with Gasteiger partial charge in [-0.05, 0) is 54.7 Å². The quantitative estimate of drug-likeness (QED) is 0.743. The number of amides is 1. The zero-order chi connectivity index (χ0) is 18.6. The van der Waals surface area contributed by atoms with Crippen LogP contribution < -0.4 is 10.1 Å². The largest absolute Gasteiger partial charge is 0.497 e. The van der Waals surface area contributed by atoms with Crippen LogP contribution >= 0.6 is 0 Å². The van der Waals surface area contributed by atoms with Crippen molar-refractivity contribution in [2.24, 2.45) is 0 Å². The van der Waals surface area contributed by atoms with E-state index in [1.807, 2.05) is 42.5 Å². The first kappa shape index (κ1) is 17.3. The Labute approximate surface area is 159 Å². The summed E-state index contributed by atoms with van der Waals surface area (Å²) in [6.07, 6.45) is 4.78. The van der Waals surface area contributed by atoms with Gasteiger partial charge in [-0.1, -0.05) is 36.4 Å². The number of carbonyl (C=O) groups excluding carboxylic acids is 1. The summed E-state index contributed by atoms with van der Waals surface area (Å²) in [4.78, 5) is 17.2. The van der Waals surface area contributed by atoms with E-state index in [2.05, 4.69) is 28.5 Å². The van der Waals surface area contributed by atoms with Gasteiger partial charge in [-0.25, -0.2) is 0 Å². The van der Waals surface area contributed by atoms with Crippen LogP contribution in [0.15, 0.2) is 66.9 Å². The second kappa shape index (κ2) is 7.62. The molecule has 2 aromatic carbocycles. The number of aromatic nitrogens is 1. The molecule has 4 heteroatoms. The van der Waals surface area contributed by atoms with E-state index in [-0.39, 0.29) is 11.9 Å². The van der Waals surface area contributed by atoms with E-state index >= 15 is 0 Å². The van der Waals surface area contributed by atoms with Crippen molar-refractivity contribution in [2.45, 2.75) is 25.3 Å². The highest BCUT2D eigenvalue weighted by atomic mass is 16.5. The number of carbonyl (C=O) groups is 1. The fourth-order valence-electron chi connectivity index (χ4n) is 3.63. The van der Waals surface area contributed by atoms with Gasteiger partial charge in [0.1, 0.15) is 5.75 Å². The van der Waals surface area contributed by atoms with Crippen LogP contribution in [-0.2, 0) is 6.42 Å². The van der Waals surface area contributed by atoms with Gasteiger partial charge >= 0.3 is 0 Å². The Morgan fingerprint density at radius 3 is 2.81 bits per heavy atom. The molecule has 0 aliphatic heterocycles. The smallest absolute Gasteiger partial charge is 0.253 e. The Kier molecular flexibility index (Phi) is 4.88. The fourth-order valence-corrected chi connectivity index (χ4v) is 3.63. The molecule has 0 saturated heterocycles. The summed E-state index contributed by atoms with van der Waals surface area (Å²) >= 11 is 0. The van der Waals surface area contributed by atoms with E-state index in [9.17, 15) is 4.79 Å². The van der Waals surface area contributed by atoms with Crippen molar-refractivity contribution in [1.29, 1.82) is 0 Å². The first-order chi connectivity index (χ1) is 13.2. The third-order valence-corrected chi connectivity index (χ3v) is 5.07. The van der Waals surface area contributed by atoms with Crippen molar-refractivity contribution in [3.63, 3.8) is 0 Å². The molecule has 136 valence electrons. The van der Waals surface area contributed by atoms with Gasteiger partial charge < -0.3 is 10.1 Å². The number of ether oxygens (including phenoxy) is 1. The molecule has 4 nitrogen and oxygen atoms in total. The number of nitrogens with zero attached hydrogens (tertiary/aromatic N) is 1. The number of hydrogen-bond acceptors (Lipinski definition) is 3. The van der Waals surface area contributed by atoms with Gasteiger partial charge in [0.25, 0.3) is 5.91 Å². The van der Waals surface area contributed by atoms with Crippen LogP contribution in [0.1, 0.15) is 40.4 Å². The lowest BCUT2D eigenvalue weighted by molar-refractivity contribution is 0.0932. The Hall–Kier alpha value is -3.14. The molecule has 0 bridgehead atoms. The lowest BCUT2D eigenvalue weighted by atomic mass is 9.87. The molecule has 1 atom stereocenters. The number of rotatable bonds is 4. The fraction of sp³-hybridized carbons (Fsp3) is 0.217. The zero-order valence-corrected chi connectivity index (χ0v) is 15.3. The minimum Gasteiger partial charge on any atom is -0.497 e. The minimum absolute atomic E-state index is 0.0699. The molecule has 27 heavy (non-hydrogen) atoms. The molecule has 1 aliphatic carbocycles. The van der Waals surface area contributed by atoms with Gasteiger partial charge in [-0.15, -0.1) is 0 Å². The summed E-state index contributed by atoms with van der Waals surface area (Å²) in [6.45, 7) is 0. The normalized spacial score (nSPS) is 15.7. The summed E-state index contributed by atoms with van der Waals surface area (Å²) in [6, 6.07) is 19.9. The molecule has 1 aromatic heterocycles. The van der Waals surface area contributed by atoms with Gasteiger partial charge in [0.2, 0.25) is 0 Å². The molecule has 0 saturated carbocycles. The second-order valence-corrected chi connectivity index (χ2v) is 6.78. The molecule has 0 spiro atoms. The van der Waals surface area contributed by atoms with E-state index in [4.69, 9.17) is 4.74 Å². The number of benzene rings is 2. The summed E-state index contributed by atoms with van der Waals surface area (Å²) < 4.78 is 5.26. The van der Waals surface area contributed by atoms with Crippen molar-refractivity contribution in [1.82, 2.24) is 10.3 Å². The van der Waals surface area contributed by atoms with Crippen LogP contribution in [0.2, 0.25) is 0 Å². The van der Waals surface area contributed by atoms with Crippen LogP contribution in [0, 0.1) is 0 Å². The first-order valence-electron chi connectivity index (χ1n) is 9.24. The number of hydrogen-bond donors (Lipinski definition) is 1. The third-order valence-electron chi connectivity index (χ3n) is 5.07. The molecule has 1 amide bonds. The van der Waals surface area contributed by atoms with E-state index in [0.717, 1.165) is 36.3 Å². The Morgan fingerprint density at radius 2 is 2.00 bits per heavy atom. The van der Waals surface area contributed by atoms with Crippen LogP contribution in [-0.4, -0.2) is 18.0 Å². The number of methoxy groups -OCH3 is 1. The second-order valence-electron chi connectivity index (χ2n) is 6.78. The number of aryl methyl sites for hydroxylation is 1. The summed E-state index contributed by atoms with van der Waals surface area (Å²) in [5, 5.41) is 3.17. The van der Waals surface area contributed by atoms with Gasteiger partial charge in [-0.3, -0.25) is 9.78 Å². The first-order valence-corrected chi connectivity index (χ1v) is 9.24. The number of pyridine rings is 1. The number of fused-ring (bicyclic) bond motifs is 1. The van der Waals surface area contributed by atoms with E-state index in [0.29, 0.717) is 5.56 Å². The molecule has 0 radical (unpaired) electrons. The van der Waals surface area contributed by atoms with Crippen LogP contribution in [0.4, 0.5) is 0 Å². The van der Waals surface area contributed by atoms with Crippen LogP contribution in [0.5, 0.6) is 5.75 Å². The van der Waals surface area contributed by atoms with E-state index in [1.165, 1.54) is 11.1 Å². The highest BCUT2D eigenvalue weighted by Gasteiger charge is 2.22. The highest BCUT2D eigenvalue weighted by molar-refractivity contribution is 5.94. The SMILES string of the molecule is COc1cccc(-c2ccc(C(=O)NC3CCCc4ccccc43)cn2)c1. The third kappa shape index (κ3) is 3.70. The van der Waals surface area contributed by atoms with Crippen LogP contribution in [0.3, 0.4) is 0 Å². The van der Waals surface area contributed by atoms with E-state index in [1.54, 1.807) is 13.3 Å². The Bertz CT molecular complexity index is 951. The van der Waals surface area contributed by atoms with Crippen molar-refractivity contribution in [2.75, 3.05) is 7.11 Å². The van der Waals surface area contributed by atoms with Gasteiger partial charge in [0.15, 0.2) is 0 Å². The molecule has 3 aromatic rings. The maximum absolute atomic E-state index is 12.7. The molecule has 1 aliphatic rings. The average molecular weight is 358 g/mol. The molecular weight excluding hydrogens is 336 g/mol. The molecule has 4 rings (SSSR count). The Balaban J connectivity index is 1.50. The lowest BCUT2D eigenvalue weighted by Crippen LogP contribution is -2.31. The standard InChI is InChI=1S/C23H22N2O2/c1-27-19-9-4-8-17(14-19)21-13-12-18(15-24-21)23(26)25-22-11-5-7-16-6-2-3-10-20(16)22/h2-4,6,8-10,12-15,22H,5,7,11H2,1H3,(H,25,26). The average Bonchev–Trinajstić information content (AvgIpc) is 2.74. The van der Waals surface area contributed by atoms with Crippen molar-refractivity contribution < 1.29 is 9.53 Å². The maximum Gasteiger partial charge on any atom is 0.253 e. The van der Waals surface area contributed by atoms with Crippen LogP contribution in [0.25, 0.3) is 11.3 Å². The molecule has 1 N–H and O–H groups in total. The molecule has 1 heterocycles. The van der Waals surface area contributed by atoms with Gasteiger partial charge in [0.05, 0.1) is 24.4 Å². The van der Waals surface area contributed by atoms with Crippen molar-refractivity contribution >= 4 is 5.91 Å². The minimum atomic E-state index is -0.0820. The zero-order valence-electron chi connectivity index (χ0n) is 15.3. The van der Waals surface area contributed by atoms with E-state index < -0.39 is 0 Å². The number of nitrogens with one attached hydrogen (secondary N) is 1. The maximum atomic E-state index is 12.7. The molecular formula is C23H22N2O2. The van der Waals surface area contributed by atoms with Gasteiger partial charge in [-0.2, -0.15) is 0 Å². The summed E-state index contributed by atoms with van der Waals surface area (Å²) in [5.74, 6) is 0.702. The summed E-state index contributed by atoms with van der Waals surface area (Å²) in [5.41, 5.74) is 4.92. The topological polar surface area (TPSA) is 51.2 Å². The summed E-state index contributed by atoms with van der Waals surface area (Å²) in [7, 11) is 1.64. The molecule has 0 fully saturated rings. The lowest BCUT2D eigenvalue weighted by Gasteiger charge is -2.26. The highest BCUT2D eigenvalue weighted by Crippen LogP contribution is 2.29. The van der Waals surface area contributed by atoms with Crippen molar-refractivity contribution in [3.8, 4) is 17.0 Å². The predicted molar refractivity (Wildman–Crippen MR) is 106 cm³/mol. The van der Waals surface area contributed by atoms with Crippen molar-refractivity contribution in [3.05, 3.63) is 83.6 Å². The monoisotopic (exact) mass is 358 g/mol. The predicted octanol–water partition coefficient (Wildman–Crippen LogP) is 4.56. The Morgan fingerprint density at radius 1 is 1.11 bits per heavy atom. The molecule has 1 unspecified atom stereocenters.